The molecule has 3 rings (SSSR count). The van der Waals surface area contributed by atoms with Gasteiger partial charge < -0.3 is 9.72 Å². The molecule has 7 nitrogen and oxygen atoms in total. The number of ether oxygens (including phenoxy) is 1. The third-order valence-electron chi connectivity index (χ3n) is 3.93. The number of nitrogens with zero attached hydrogens (tertiary/aromatic N) is 3. The van der Waals surface area contributed by atoms with Crippen molar-refractivity contribution in [3.8, 4) is 5.75 Å². The average Bonchev–Trinajstić information content (AvgIpc) is 2.98. The first-order valence-electron chi connectivity index (χ1n) is 7.49. The van der Waals surface area contributed by atoms with Crippen LogP contribution in [0.15, 0.2) is 33.9 Å². The van der Waals surface area contributed by atoms with Crippen LogP contribution in [-0.4, -0.2) is 26.2 Å². The van der Waals surface area contributed by atoms with Crippen molar-refractivity contribution in [2.75, 3.05) is 7.11 Å². The maximum atomic E-state index is 12.5. The second-order valence-electron chi connectivity index (χ2n) is 5.48. The highest BCUT2D eigenvalue weighted by molar-refractivity contribution is 6.28. The Morgan fingerprint density at radius 2 is 2.12 bits per heavy atom. The number of benzene rings is 1. The number of aromatic nitrogens is 4. The molecular weight excluding hydrogens is 332 g/mol. The van der Waals surface area contributed by atoms with E-state index in [-0.39, 0.29) is 16.4 Å². The molecule has 2 heterocycles. The molecule has 0 aliphatic carbocycles. The minimum absolute atomic E-state index is 0.0891. The summed E-state index contributed by atoms with van der Waals surface area (Å²) in [7, 11) is 3.19. The third-order valence-corrected chi connectivity index (χ3v) is 4.11. The van der Waals surface area contributed by atoms with E-state index < -0.39 is 11.2 Å². The Hall–Kier alpha value is -2.54. The Morgan fingerprint density at radius 3 is 2.88 bits per heavy atom. The van der Waals surface area contributed by atoms with Gasteiger partial charge in [-0.2, -0.15) is 4.98 Å². The summed E-state index contributed by atoms with van der Waals surface area (Å²) in [5.41, 5.74) is 0.784. The minimum atomic E-state index is -0.404. The highest BCUT2D eigenvalue weighted by Gasteiger charge is 2.14. The molecule has 0 spiro atoms. The van der Waals surface area contributed by atoms with Crippen LogP contribution in [0.4, 0.5) is 0 Å². The van der Waals surface area contributed by atoms with Crippen LogP contribution < -0.4 is 16.0 Å². The zero-order valence-electron chi connectivity index (χ0n) is 13.4. The summed E-state index contributed by atoms with van der Waals surface area (Å²) < 4.78 is 7.72. The lowest BCUT2D eigenvalue weighted by Crippen LogP contribution is -2.39. The van der Waals surface area contributed by atoms with Gasteiger partial charge >= 0.3 is 5.69 Å². The Morgan fingerprint density at radius 1 is 1.33 bits per heavy atom. The van der Waals surface area contributed by atoms with Gasteiger partial charge in [0.25, 0.3) is 5.56 Å². The van der Waals surface area contributed by atoms with Gasteiger partial charge in [0, 0.05) is 13.6 Å². The number of hydrogen-bond acceptors (Lipinski definition) is 4. The molecule has 0 atom stereocenters. The summed E-state index contributed by atoms with van der Waals surface area (Å²) in [6.07, 6.45) is 1.38. The van der Waals surface area contributed by atoms with Crippen molar-refractivity contribution < 1.29 is 4.74 Å². The molecule has 0 amide bonds. The molecule has 0 unspecified atom stereocenters. The first-order chi connectivity index (χ1) is 11.5. The molecule has 2 aromatic heterocycles. The quantitative estimate of drug-likeness (QED) is 0.712. The fourth-order valence-corrected chi connectivity index (χ4v) is 2.86. The summed E-state index contributed by atoms with van der Waals surface area (Å²) in [5, 5.41) is 0.0891. The van der Waals surface area contributed by atoms with Crippen molar-refractivity contribution in [2.24, 2.45) is 7.05 Å². The maximum absolute atomic E-state index is 12.5. The van der Waals surface area contributed by atoms with E-state index in [0.717, 1.165) is 17.7 Å². The van der Waals surface area contributed by atoms with Gasteiger partial charge in [0.15, 0.2) is 11.2 Å². The normalized spacial score (nSPS) is 11.1. The standard InChI is InChI=1S/C16H17ClN4O3/c1-20-13-12(18-15(17)19-13)14(22)21(16(20)23)8-4-6-10-5-3-7-11(9-10)24-2/h3,5,7,9H,4,6,8H2,1-2H3,(H,18,19). The van der Waals surface area contributed by atoms with Crippen LogP contribution in [-0.2, 0) is 20.0 Å². The molecule has 126 valence electrons. The summed E-state index contributed by atoms with van der Waals surface area (Å²) in [6.45, 7) is 0.315. The number of halogens is 1. The van der Waals surface area contributed by atoms with E-state index in [1.54, 1.807) is 14.2 Å². The lowest BCUT2D eigenvalue weighted by atomic mass is 10.1. The number of aromatic amines is 1. The number of aryl methyl sites for hydroxylation is 2. The molecule has 0 fully saturated rings. The van der Waals surface area contributed by atoms with Gasteiger partial charge in [-0.15, -0.1) is 0 Å². The zero-order chi connectivity index (χ0) is 17.3. The van der Waals surface area contributed by atoms with Gasteiger partial charge in [-0.05, 0) is 42.1 Å². The zero-order valence-corrected chi connectivity index (χ0v) is 14.1. The van der Waals surface area contributed by atoms with Gasteiger partial charge in [-0.3, -0.25) is 13.9 Å². The number of nitrogens with one attached hydrogen (secondary N) is 1. The van der Waals surface area contributed by atoms with Crippen molar-refractivity contribution >= 4 is 22.8 Å². The summed E-state index contributed by atoms with van der Waals surface area (Å²) in [4.78, 5) is 31.5. The molecule has 24 heavy (non-hydrogen) atoms. The van der Waals surface area contributed by atoms with Gasteiger partial charge in [0.05, 0.1) is 7.11 Å². The van der Waals surface area contributed by atoms with Crippen LogP contribution in [0.5, 0.6) is 5.75 Å². The maximum Gasteiger partial charge on any atom is 0.332 e. The Kier molecular flexibility index (Phi) is 4.44. The van der Waals surface area contributed by atoms with E-state index in [0.29, 0.717) is 13.0 Å². The second-order valence-corrected chi connectivity index (χ2v) is 5.84. The molecule has 0 saturated heterocycles. The van der Waals surface area contributed by atoms with E-state index in [9.17, 15) is 9.59 Å². The van der Waals surface area contributed by atoms with Crippen LogP contribution >= 0.6 is 11.6 Å². The van der Waals surface area contributed by atoms with Gasteiger partial charge in [0.2, 0.25) is 5.28 Å². The van der Waals surface area contributed by atoms with Crippen LogP contribution in [0.3, 0.4) is 0 Å². The SMILES string of the molecule is COc1cccc(CCCn2c(=O)c3[nH]c(Cl)nc3n(C)c2=O)c1. The molecule has 0 bridgehead atoms. The highest BCUT2D eigenvalue weighted by Crippen LogP contribution is 2.14. The summed E-state index contributed by atoms with van der Waals surface area (Å²) in [6, 6.07) is 7.72. The number of hydrogen-bond donors (Lipinski definition) is 1. The molecule has 0 radical (unpaired) electrons. The number of H-pyrrole nitrogens is 1. The topological polar surface area (TPSA) is 81.9 Å². The monoisotopic (exact) mass is 348 g/mol. The van der Waals surface area contributed by atoms with Gasteiger partial charge in [-0.1, -0.05) is 12.1 Å². The van der Waals surface area contributed by atoms with Crippen molar-refractivity contribution in [3.05, 3.63) is 56.0 Å². The predicted octanol–water partition coefficient (Wildman–Crippen LogP) is 1.72. The highest BCUT2D eigenvalue weighted by atomic mass is 35.5. The molecule has 3 aromatic rings. The van der Waals surface area contributed by atoms with Crippen LogP contribution in [0.2, 0.25) is 5.28 Å². The van der Waals surface area contributed by atoms with Crippen LogP contribution in [0, 0.1) is 0 Å². The van der Waals surface area contributed by atoms with Gasteiger partial charge in [-0.25, -0.2) is 4.79 Å². The molecule has 0 saturated carbocycles. The molecule has 1 N–H and O–H groups in total. The summed E-state index contributed by atoms with van der Waals surface area (Å²) >= 11 is 5.80. The second kappa shape index (κ2) is 6.52. The number of methoxy groups -OCH3 is 1. The molecule has 8 heteroatoms. The Labute approximate surface area is 142 Å². The molecule has 1 aromatic carbocycles. The predicted molar refractivity (Wildman–Crippen MR) is 91.9 cm³/mol. The summed E-state index contributed by atoms with van der Waals surface area (Å²) in [5.74, 6) is 0.786. The van der Waals surface area contributed by atoms with E-state index in [1.807, 2.05) is 24.3 Å². The Balaban J connectivity index is 1.85. The lowest BCUT2D eigenvalue weighted by molar-refractivity contribution is 0.414. The van der Waals surface area contributed by atoms with E-state index in [1.165, 1.54) is 9.13 Å². The smallest absolute Gasteiger partial charge is 0.332 e. The number of rotatable bonds is 5. The van der Waals surface area contributed by atoms with E-state index in [2.05, 4.69) is 9.97 Å². The van der Waals surface area contributed by atoms with E-state index in [4.69, 9.17) is 16.3 Å². The first-order valence-corrected chi connectivity index (χ1v) is 7.87. The third kappa shape index (κ3) is 2.94. The number of fused-ring (bicyclic) bond motifs is 1. The molecule has 0 aliphatic rings. The van der Waals surface area contributed by atoms with Crippen molar-refractivity contribution in [1.29, 1.82) is 0 Å². The van der Waals surface area contributed by atoms with Crippen LogP contribution in [0.25, 0.3) is 11.2 Å². The lowest BCUT2D eigenvalue weighted by Gasteiger charge is -2.08. The largest absolute Gasteiger partial charge is 0.497 e. The molecule has 0 aliphatic heterocycles. The molecular formula is C16H17ClN4O3. The van der Waals surface area contributed by atoms with Crippen LogP contribution in [0.1, 0.15) is 12.0 Å². The Bertz CT molecular complexity index is 1000. The average molecular weight is 349 g/mol. The first kappa shape index (κ1) is 16.3. The van der Waals surface area contributed by atoms with Crippen molar-refractivity contribution in [2.45, 2.75) is 19.4 Å². The minimum Gasteiger partial charge on any atom is -0.497 e. The fraction of sp³-hybridized carbons (Fsp3) is 0.312. The number of imidazole rings is 1. The van der Waals surface area contributed by atoms with Crippen molar-refractivity contribution in [3.63, 3.8) is 0 Å². The fourth-order valence-electron chi connectivity index (χ4n) is 2.69. The van der Waals surface area contributed by atoms with Crippen molar-refractivity contribution in [1.82, 2.24) is 19.1 Å². The van der Waals surface area contributed by atoms with Gasteiger partial charge in [0.1, 0.15) is 5.75 Å². The van der Waals surface area contributed by atoms with E-state index >= 15 is 0 Å².